The highest BCUT2D eigenvalue weighted by atomic mass is 28.4. The SMILES string of the molecule is CCCC(OCC1(C)COC1)[Si](CC)(OC)OC. The molecular formula is C13H28O4Si. The van der Waals surface area contributed by atoms with E-state index in [-0.39, 0.29) is 11.1 Å². The standard InChI is InChI=1S/C13H28O4Si/c1-6-8-12(18(7-2,14-4)15-5)17-11-13(3)9-16-10-13/h12H,6-11H2,1-5H3. The molecule has 1 atom stereocenters. The summed E-state index contributed by atoms with van der Waals surface area (Å²) in [5.74, 6) is 0. The Morgan fingerprint density at radius 1 is 1.22 bits per heavy atom. The van der Waals surface area contributed by atoms with Crippen molar-refractivity contribution in [2.45, 2.75) is 45.4 Å². The third-order valence-corrected chi connectivity index (χ3v) is 7.56. The average molecular weight is 276 g/mol. The van der Waals surface area contributed by atoms with E-state index < -0.39 is 8.56 Å². The first-order chi connectivity index (χ1) is 8.55. The number of ether oxygens (including phenoxy) is 2. The Hall–Kier alpha value is 0.0569. The Morgan fingerprint density at radius 2 is 1.83 bits per heavy atom. The van der Waals surface area contributed by atoms with Crippen LogP contribution in [0.3, 0.4) is 0 Å². The van der Waals surface area contributed by atoms with Crippen LogP contribution in [0.25, 0.3) is 0 Å². The maximum absolute atomic E-state index is 6.16. The van der Waals surface area contributed by atoms with Gasteiger partial charge in [-0.2, -0.15) is 0 Å². The van der Waals surface area contributed by atoms with Gasteiger partial charge < -0.3 is 18.3 Å². The topological polar surface area (TPSA) is 36.9 Å². The van der Waals surface area contributed by atoms with Crippen molar-refractivity contribution in [3.05, 3.63) is 0 Å². The molecule has 18 heavy (non-hydrogen) atoms. The Labute approximate surface area is 112 Å². The quantitative estimate of drug-likeness (QED) is 0.606. The lowest BCUT2D eigenvalue weighted by atomic mass is 9.90. The van der Waals surface area contributed by atoms with Gasteiger partial charge >= 0.3 is 8.56 Å². The van der Waals surface area contributed by atoms with Crippen LogP contribution in [0.15, 0.2) is 0 Å². The molecule has 0 radical (unpaired) electrons. The van der Waals surface area contributed by atoms with Gasteiger partial charge in [-0.3, -0.25) is 0 Å². The van der Waals surface area contributed by atoms with E-state index >= 15 is 0 Å². The predicted molar refractivity (Wildman–Crippen MR) is 73.8 cm³/mol. The van der Waals surface area contributed by atoms with E-state index in [0.717, 1.165) is 38.7 Å². The number of hydrogen-bond donors (Lipinski definition) is 0. The zero-order valence-electron chi connectivity index (χ0n) is 12.5. The van der Waals surface area contributed by atoms with Crippen molar-refractivity contribution < 1.29 is 18.3 Å². The van der Waals surface area contributed by atoms with Crippen molar-refractivity contribution in [2.24, 2.45) is 5.41 Å². The first-order valence-electron chi connectivity index (χ1n) is 6.85. The molecule has 1 saturated heterocycles. The third kappa shape index (κ3) is 3.54. The molecule has 1 rings (SSSR count). The van der Waals surface area contributed by atoms with Crippen molar-refractivity contribution in [3.63, 3.8) is 0 Å². The molecule has 0 bridgehead atoms. The maximum Gasteiger partial charge on any atom is 0.367 e. The molecule has 0 amide bonds. The van der Waals surface area contributed by atoms with Gasteiger partial charge in [0.05, 0.1) is 19.8 Å². The van der Waals surface area contributed by atoms with Crippen LogP contribution >= 0.6 is 0 Å². The zero-order valence-corrected chi connectivity index (χ0v) is 13.5. The van der Waals surface area contributed by atoms with Crippen molar-refractivity contribution >= 4 is 8.56 Å². The highest BCUT2D eigenvalue weighted by molar-refractivity contribution is 6.68. The molecule has 4 nitrogen and oxygen atoms in total. The average Bonchev–Trinajstić information content (AvgIpc) is 2.36. The first kappa shape index (κ1) is 16.1. The van der Waals surface area contributed by atoms with E-state index in [2.05, 4.69) is 20.8 Å². The van der Waals surface area contributed by atoms with Gasteiger partial charge in [0.1, 0.15) is 5.73 Å². The fourth-order valence-corrected chi connectivity index (χ4v) is 5.18. The van der Waals surface area contributed by atoms with Gasteiger partial charge in [-0.15, -0.1) is 0 Å². The summed E-state index contributed by atoms with van der Waals surface area (Å²) in [5, 5.41) is 0. The lowest BCUT2D eigenvalue weighted by Gasteiger charge is -2.41. The Balaban J connectivity index is 2.61. The minimum atomic E-state index is -2.22. The predicted octanol–water partition coefficient (Wildman–Crippen LogP) is 2.50. The molecule has 108 valence electrons. The molecule has 5 heteroatoms. The second-order valence-corrected chi connectivity index (χ2v) is 9.26. The summed E-state index contributed by atoms with van der Waals surface area (Å²) < 4.78 is 22.9. The summed E-state index contributed by atoms with van der Waals surface area (Å²) in [6.45, 7) is 8.83. The van der Waals surface area contributed by atoms with Crippen molar-refractivity contribution in [1.29, 1.82) is 0 Å². The Kier molecular flexibility index (Phi) is 6.27. The highest BCUT2D eigenvalue weighted by Gasteiger charge is 2.45. The molecule has 1 heterocycles. The van der Waals surface area contributed by atoms with Crippen molar-refractivity contribution in [3.8, 4) is 0 Å². The molecule has 0 saturated carbocycles. The summed E-state index contributed by atoms with van der Waals surface area (Å²) in [6, 6.07) is 0.915. The molecule has 0 aliphatic carbocycles. The Morgan fingerprint density at radius 3 is 2.17 bits per heavy atom. The Bertz CT molecular complexity index is 231. The molecule has 1 fully saturated rings. The van der Waals surface area contributed by atoms with E-state index in [4.69, 9.17) is 18.3 Å². The van der Waals surface area contributed by atoms with E-state index in [1.54, 1.807) is 14.2 Å². The smallest absolute Gasteiger partial charge is 0.367 e. The van der Waals surface area contributed by atoms with Crippen LogP contribution in [-0.2, 0) is 18.3 Å². The van der Waals surface area contributed by atoms with E-state index in [1.807, 2.05) is 0 Å². The van der Waals surface area contributed by atoms with Crippen LogP contribution < -0.4 is 0 Å². The zero-order chi connectivity index (χ0) is 13.6. The van der Waals surface area contributed by atoms with Crippen LogP contribution in [0, 0.1) is 5.41 Å². The molecule has 0 aromatic carbocycles. The van der Waals surface area contributed by atoms with Gasteiger partial charge in [0.2, 0.25) is 0 Å². The second-order valence-electron chi connectivity index (χ2n) is 5.47. The summed E-state index contributed by atoms with van der Waals surface area (Å²) in [5.41, 5.74) is 0.293. The van der Waals surface area contributed by atoms with Crippen molar-refractivity contribution in [1.82, 2.24) is 0 Å². The number of hydrogen-bond acceptors (Lipinski definition) is 4. The minimum Gasteiger partial charge on any atom is -0.396 e. The van der Waals surface area contributed by atoms with Crippen LogP contribution in [0.5, 0.6) is 0 Å². The molecule has 0 aromatic heterocycles. The molecular weight excluding hydrogens is 248 g/mol. The van der Waals surface area contributed by atoms with Crippen LogP contribution in [0.1, 0.15) is 33.6 Å². The third-order valence-electron chi connectivity index (χ3n) is 3.76. The van der Waals surface area contributed by atoms with E-state index in [1.165, 1.54) is 0 Å². The van der Waals surface area contributed by atoms with Gasteiger partial charge in [-0.25, -0.2) is 0 Å². The van der Waals surface area contributed by atoms with Gasteiger partial charge in [0, 0.05) is 19.6 Å². The summed E-state index contributed by atoms with van der Waals surface area (Å²) >= 11 is 0. The van der Waals surface area contributed by atoms with Crippen molar-refractivity contribution in [2.75, 3.05) is 34.0 Å². The summed E-state index contributed by atoms with van der Waals surface area (Å²) in [4.78, 5) is 0. The van der Waals surface area contributed by atoms with Crippen LogP contribution in [0.4, 0.5) is 0 Å². The van der Waals surface area contributed by atoms with Gasteiger partial charge in [-0.05, 0) is 12.5 Å². The summed E-state index contributed by atoms with van der Waals surface area (Å²) in [7, 11) is 1.28. The molecule has 0 aromatic rings. The van der Waals surface area contributed by atoms with E-state index in [0.29, 0.717) is 0 Å². The monoisotopic (exact) mass is 276 g/mol. The lowest BCUT2D eigenvalue weighted by Crippen LogP contribution is -2.55. The molecule has 1 aliphatic heterocycles. The molecule has 1 unspecified atom stereocenters. The normalized spacial score (nSPS) is 20.5. The fourth-order valence-electron chi connectivity index (χ4n) is 2.39. The largest absolute Gasteiger partial charge is 0.396 e. The highest BCUT2D eigenvalue weighted by Crippen LogP contribution is 2.30. The lowest BCUT2D eigenvalue weighted by molar-refractivity contribution is -0.145. The minimum absolute atomic E-state index is 0.111. The van der Waals surface area contributed by atoms with Gasteiger partial charge in [0.15, 0.2) is 0 Å². The maximum atomic E-state index is 6.16. The molecule has 0 spiro atoms. The second kappa shape index (κ2) is 7.00. The molecule has 0 N–H and O–H groups in total. The van der Waals surface area contributed by atoms with Gasteiger partial charge in [-0.1, -0.05) is 27.2 Å². The molecule has 1 aliphatic rings. The number of rotatable bonds is 9. The van der Waals surface area contributed by atoms with Gasteiger partial charge in [0.25, 0.3) is 0 Å². The van der Waals surface area contributed by atoms with Crippen LogP contribution in [-0.4, -0.2) is 48.3 Å². The first-order valence-corrected chi connectivity index (χ1v) is 8.95. The van der Waals surface area contributed by atoms with Crippen LogP contribution in [0.2, 0.25) is 6.04 Å². The fraction of sp³-hybridized carbons (Fsp3) is 1.00. The summed E-state index contributed by atoms with van der Waals surface area (Å²) in [6.07, 6.45) is 2.08. The van der Waals surface area contributed by atoms with E-state index in [9.17, 15) is 0 Å².